The van der Waals surface area contributed by atoms with E-state index < -0.39 is 12.0 Å². The van der Waals surface area contributed by atoms with Crippen LogP contribution in [0, 0.1) is 0 Å². The van der Waals surface area contributed by atoms with E-state index in [1.54, 1.807) is 30.7 Å². The zero-order valence-corrected chi connectivity index (χ0v) is 17.1. The van der Waals surface area contributed by atoms with Gasteiger partial charge in [-0.05, 0) is 17.6 Å². The predicted molar refractivity (Wildman–Crippen MR) is 109 cm³/mol. The summed E-state index contributed by atoms with van der Waals surface area (Å²) in [4.78, 5) is 30.5. The molecule has 1 aromatic carbocycles. The predicted octanol–water partition coefficient (Wildman–Crippen LogP) is 3.81. The second kappa shape index (κ2) is 9.59. The number of carboxylic acid groups (broad SMARTS) is 1. The van der Waals surface area contributed by atoms with E-state index >= 15 is 0 Å². The number of hydrogen-bond acceptors (Lipinski definition) is 6. The third kappa shape index (κ3) is 5.37. The Balaban J connectivity index is 1.62. The number of carboxylic acids is 1. The highest BCUT2D eigenvalue weighted by molar-refractivity contribution is 7.11. The number of urea groups is 1. The molecule has 152 valence electrons. The Morgan fingerprint density at radius 1 is 1.31 bits per heavy atom. The summed E-state index contributed by atoms with van der Waals surface area (Å²) in [6, 6.07) is 4.48. The van der Waals surface area contributed by atoms with Gasteiger partial charge in [0.25, 0.3) is 0 Å². The second-order valence-corrected chi connectivity index (χ2v) is 7.26. The highest BCUT2D eigenvalue weighted by Gasteiger charge is 2.23. The van der Waals surface area contributed by atoms with Crippen LogP contribution in [0.5, 0.6) is 5.88 Å². The Labute approximate surface area is 179 Å². The molecule has 0 aliphatic heterocycles. The first-order valence-corrected chi connectivity index (χ1v) is 9.79. The van der Waals surface area contributed by atoms with Crippen molar-refractivity contribution >= 4 is 51.7 Å². The molecular weight excluding hydrogens is 441 g/mol. The van der Waals surface area contributed by atoms with Crippen LogP contribution in [0.15, 0.2) is 30.7 Å². The number of aromatic nitrogens is 3. The number of imidazole rings is 1. The van der Waals surface area contributed by atoms with Gasteiger partial charge in [0, 0.05) is 30.4 Å². The van der Waals surface area contributed by atoms with Gasteiger partial charge in [0.2, 0.25) is 5.88 Å². The fourth-order valence-electron chi connectivity index (χ4n) is 2.33. The summed E-state index contributed by atoms with van der Waals surface area (Å²) in [5.74, 6) is -1.40. The maximum Gasteiger partial charge on any atom is 0.344 e. The number of rotatable bonds is 8. The molecule has 2 heterocycles. The molecule has 4 N–H and O–H groups in total. The Kier molecular flexibility index (Phi) is 6.91. The summed E-state index contributed by atoms with van der Waals surface area (Å²) in [7, 11) is 0. The maximum atomic E-state index is 12.1. The van der Waals surface area contributed by atoms with Crippen LogP contribution in [0.25, 0.3) is 0 Å². The fraction of sp³-hybridized carbons (Fsp3) is 0.176. The van der Waals surface area contributed by atoms with Crippen molar-refractivity contribution in [2.45, 2.75) is 13.0 Å². The molecule has 3 aromatic rings. The monoisotopic (exact) mass is 455 g/mol. The minimum absolute atomic E-state index is 0.0285. The van der Waals surface area contributed by atoms with E-state index in [0.29, 0.717) is 28.6 Å². The lowest BCUT2D eigenvalue weighted by atomic mass is 10.2. The highest BCUT2D eigenvalue weighted by atomic mass is 35.5. The van der Waals surface area contributed by atoms with Gasteiger partial charge in [-0.3, -0.25) is 5.32 Å². The van der Waals surface area contributed by atoms with Gasteiger partial charge in [0.15, 0.2) is 5.56 Å². The third-order valence-corrected chi connectivity index (χ3v) is 5.34. The smallest absolute Gasteiger partial charge is 0.344 e. The number of hydrogen-bond donors (Lipinski definition) is 4. The van der Waals surface area contributed by atoms with Crippen LogP contribution >= 0.6 is 34.7 Å². The number of H-pyrrole nitrogens is 1. The van der Waals surface area contributed by atoms with Gasteiger partial charge < -0.3 is 20.1 Å². The van der Waals surface area contributed by atoms with Gasteiger partial charge >= 0.3 is 12.0 Å². The number of aromatic carboxylic acids is 1. The molecule has 0 saturated heterocycles. The molecule has 0 fully saturated rings. The lowest BCUT2D eigenvalue weighted by Gasteiger charge is -2.08. The number of carbonyl (C=O) groups excluding carboxylic acids is 1. The van der Waals surface area contributed by atoms with Gasteiger partial charge in [-0.1, -0.05) is 35.3 Å². The minimum atomic E-state index is -1.28. The zero-order valence-electron chi connectivity index (χ0n) is 14.7. The summed E-state index contributed by atoms with van der Waals surface area (Å²) in [6.45, 7) is 0.311. The van der Waals surface area contributed by atoms with Gasteiger partial charge in [-0.15, -0.1) is 0 Å². The molecule has 0 aliphatic rings. The molecule has 2 amide bonds. The number of anilines is 1. The van der Waals surface area contributed by atoms with E-state index in [4.69, 9.17) is 27.9 Å². The lowest BCUT2D eigenvalue weighted by molar-refractivity contribution is 0.0693. The Hall–Kier alpha value is -2.82. The Morgan fingerprint density at radius 2 is 2.14 bits per heavy atom. The van der Waals surface area contributed by atoms with E-state index in [2.05, 4.69) is 25.0 Å². The number of ether oxygens (including phenoxy) is 1. The number of nitrogens with zero attached hydrogens (tertiary/aromatic N) is 2. The van der Waals surface area contributed by atoms with Crippen molar-refractivity contribution in [2.75, 3.05) is 11.9 Å². The van der Waals surface area contributed by atoms with Crippen molar-refractivity contribution in [3.8, 4) is 5.88 Å². The molecule has 0 saturated carbocycles. The number of aromatic amines is 1. The standard InChI is InChI=1S/C17H15Cl2N5O4S/c18-11-3-1-2-9(13(11)19)7-28-14-12(16(25)26)15(29-24-14)23-17(27)21-5-4-10-6-20-8-22-10/h1-3,6,8H,4-5,7H2,(H,20,22)(H,25,26)(H2,21,23,27). The molecule has 0 atom stereocenters. The molecule has 9 nitrogen and oxygen atoms in total. The normalized spacial score (nSPS) is 10.6. The molecule has 29 heavy (non-hydrogen) atoms. The largest absolute Gasteiger partial charge is 0.477 e. The molecular formula is C17H15Cl2N5O4S. The van der Waals surface area contributed by atoms with Crippen LogP contribution in [0.1, 0.15) is 21.6 Å². The van der Waals surface area contributed by atoms with Crippen molar-refractivity contribution in [3.05, 3.63) is 57.6 Å². The first-order chi connectivity index (χ1) is 14.0. The van der Waals surface area contributed by atoms with Crippen LogP contribution < -0.4 is 15.4 Å². The van der Waals surface area contributed by atoms with Crippen LogP contribution in [0.3, 0.4) is 0 Å². The van der Waals surface area contributed by atoms with Crippen LogP contribution in [0.4, 0.5) is 9.80 Å². The number of halogens is 2. The summed E-state index contributed by atoms with van der Waals surface area (Å²) in [5, 5.41) is 15.4. The molecule has 0 bridgehead atoms. The van der Waals surface area contributed by atoms with Gasteiger partial charge in [-0.2, -0.15) is 4.37 Å². The van der Waals surface area contributed by atoms with Crippen molar-refractivity contribution < 1.29 is 19.4 Å². The summed E-state index contributed by atoms with van der Waals surface area (Å²) >= 11 is 12.9. The zero-order chi connectivity index (χ0) is 20.8. The van der Waals surface area contributed by atoms with E-state index in [-0.39, 0.29) is 23.1 Å². The van der Waals surface area contributed by atoms with Crippen LogP contribution in [-0.4, -0.2) is 38.0 Å². The first-order valence-electron chi connectivity index (χ1n) is 8.26. The molecule has 12 heteroatoms. The molecule has 0 radical (unpaired) electrons. The lowest BCUT2D eigenvalue weighted by Crippen LogP contribution is -2.30. The first kappa shape index (κ1) is 20.9. The Bertz CT molecular complexity index is 1010. The molecule has 2 aromatic heterocycles. The van der Waals surface area contributed by atoms with Gasteiger partial charge in [0.05, 0.1) is 16.4 Å². The number of amides is 2. The van der Waals surface area contributed by atoms with Crippen molar-refractivity contribution in [1.82, 2.24) is 19.7 Å². The van der Waals surface area contributed by atoms with Gasteiger partial charge in [0.1, 0.15) is 11.6 Å². The average molecular weight is 456 g/mol. The SMILES string of the molecule is O=C(NCCc1cnc[nH]1)Nc1snc(OCc2cccc(Cl)c2Cl)c1C(=O)O. The van der Waals surface area contributed by atoms with Crippen LogP contribution in [-0.2, 0) is 13.0 Å². The van der Waals surface area contributed by atoms with E-state index in [0.717, 1.165) is 17.2 Å². The fourth-order valence-corrected chi connectivity index (χ4v) is 3.43. The minimum Gasteiger partial charge on any atom is -0.477 e. The number of nitrogens with one attached hydrogen (secondary N) is 3. The summed E-state index contributed by atoms with van der Waals surface area (Å²) < 4.78 is 9.49. The molecule has 3 rings (SSSR count). The number of benzene rings is 1. The van der Waals surface area contributed by atoms with E-state index in [9.17, 15) is 14.7 Å². The van der Waals surface area contributed by atoms with Crippen LogP contribution in [0.2, 0.25) is 10.0 Å². The average Bonchev–Trinajstić information content (AvgIpc) is 3.33. The van der Waals surface area contributed by atoms with Gasteiger partial charge in [-0.25, -0.2) is 14.6 Å². The maximum absolute atomic E-state index is 12.1. The van der Waals surface area contributed by atoms with E-state index in [1.807, 2.05) is 0 Å². The molecule has 0 unspecified atom stereocenters. The molecule has 0 spiro atoms. The summed E-state index contributed by atoms with van der Waals surface area (Å²) in [6.07, 6.45) is 3.75. The van der Waals surface area contributed by atoms with Crippen molar-refractivity contribution in [3.63, 3.8) is 0 Å². The number of carbonyl (C=O) groups is 2. The second-order valence-electron chi connectivity index (χ2n) is 5.71. The quantitative estimate of drug-likeness (QED) is 0.408. The van der Waals surface area contributed by atoms with Crippen molar-refractivity contribution in [1.29, 1.82) is 0 Å². The Morgan fingerprint density at radius 3 is 2.86 bits per heavy atom. The topological polar surface area (TPSA) is 129 Å². The van der Waals surface area contributed by atoms with Crippen molar-refractivity contribution in [2.24, 2.45) is 0 Å². The van der Waals surface area contributed by atoms with E-state index in [1.165, 1.54) is 0 Å². The third-order valence-electron chi connectivity index (χ3n) is 3.73. The summed E-state index contributed by atoms with van der Waals surface area (Å²) in [5.41, 5.74) is 1.20. The highest BCUT2D eigenvalue weighted by Crippen LogP contribution is 2.32. The molecule has 0 aliphatic carbocycles.